The van der Waals surface area contributed by atoms with Crippen LogP contribution in [0.5, 0.6) is 0 Å². The first-order chi connectivity index (χ1) is 12.0. The Kier molecular flexibility index (Phi) is 7.91. The van der Waals surface area contributed by atoms with E-state index in [2.05, 4.69) is 53.6 Å². The van der Waals surface area contributed by atoms with Crippen molar-refractivity contribution >= 4 is 5.91 Å². The molecule has 2 atom stereocenters. The highest BCUT2D eigenvalue weighted by Crippen LogP contribution is 2.22. The number of likely N-dealkylation sites (tertiary alicyclic amines) is 1. The summed E-state index contributed by atoms with van der Waals surface area (Å²) in [7, 11) is 2.01. The zero-order valence-corrected chi connectivity index (χ0v) is 16.3. The molecule has 1 aromatic carbocycles. The fourth-order valence-electron chi connectivity index (χ4n) is 3.60. The van der Waals surface area contributed by atoms with E-state index < -0.39 is 0 Å². The maximum absolute atomic E-state index is 12.6. The summed E-state index contributed by atoms with van der Waals surface area (Å²) < 4.78 is 0. The molecule has 25 heavy (non-hydrogen) atoms. The van der Waals surface area contributed by atoms with Gasteiger partial charge < -0.3 is 10.6 Å². The molecule has 1 amide bonds. The van der Waals surface area contributed by atoms with Gasteiger partial charge in [-0.1, -0.05) is 31.2 Å². The number of amides is 1. The maximum Gasteiger partial charge on any atom is 0.237 e. The van der Waals surface area contributed by atoms with E-state index in [1.807, 2.05) is 14.0 Å². The molecule has 0 saturated carbocycles. The Morgan fingerprint density at radius 3 is 2.40 bits per heavy atom. The number of piperidine rings is 1. The number of benzene rings is 1. The Labute approximate surface area is 153 Å². The number of hydrogen-bond donors (Lipinski definition) is 2. The molecule has 1 heterocycles. The van der Waals surface area contributed by atoms with Gasteiger partial charge in [0.2, 0.25) is 5.91 Å². The minimum absolute atomic E-state index is 0.0500. The molecule has 4 heteroatoms. The molecule has 2 rings (SSSR count). The van der Waals surface area contributed by atoms with Crippen LogP contribution in [0, 0.1) is 5.92 Å². The highest BCUT2D eigenvalue weighted by atomic mass is 16.2. The van der Waals surface area contributed by atoms with E-state index in [-0.39, 0.29) is 18.0 Å². The third-order valence-corrected chi connectivity index (χ3v) is 5.63. The van der Waals surface area contributed by atoms with Crippen LogP contribution in [-0.4, -0.2) is 43.5 Å². The number of aryl methyl sites for hydroxylation is 1. The summed E-state index contributed by atoms with van der Waals surface area (Å²) in [5, 5.41) is 6.42. The normalized spacial score (nSPS) is 18.7. The number of nitrogens with one attached hydrogen (secondary N) is 2. The van der Waals surface area contributed by atoms with Crippen molar-refractivity contribution in [1.29, 1.82) is 0 Å². The van der Waals surface area contributed by atoms with Crippen LogP contribution in [0.15, 0.2) is 24.3 Å². The van der Waals surface area contributed by atoms with Crippen LogP contribution < -0.4 is 10.6 Å². The number of carbonyl (C=O) groups is 1. The number of hydrogen-bond acceptors (Lipinski definition) is 3. The average Bonchev–Trinajstić information content (AvgIpc) is 2.66. The van der Waals surface area contributed by atoms with E-state index in [9.17, 15) is 4.79 Å². The Balaban J connectivity index is 1.81. The molecular weight excluding hydrogens is 310 g/mol. The summed E-state index contributed by atoms with van der Waals surface area (Å²) in [5.41, 5.74) is 2.50. The van der Waals surface area contributed by atoms with Crippen LogP contribution in [0.3, 0.4) is 0 Å². The highest BCUT2D eigenvalue weighted by molar-refractivity contribution is 5.81. The van der Waals surface area contributed by atoms with Gasteiger partial charge in [-0.2, -0.15) is 0 Å². The molecule has 4 nitrogen and oxygen atoms in total. The molecule has 1 aliphatic rings. The lowest BCUT2D eigenvalue weighted by atomic mass is 9.92. The Hall–Kier alpha value is -1.39. The fourth-order valence-corrected chi connectivity index (χ4v) is 3.60. The minimum Gasteiger partial charge on any atom is -0.348 e. The van der Waals surface area contributed by atoms with E-state index in [4.69, 9.17) is 0 Å². The van der Waals surface area contributed by atoms with Gasteiger partial charge in [0, 0.05) is 0 Å². The predicted molar refractivity (Wildman–Crippen MR) is 105 cm³/mol. The lowest BCUT2D eigenvalue weighted by Gasteiger charge is -2.35. The monoisotopic (exact) mass is 345 g/mol. The van der Waals surface area contributed by atoms with Gasteiger partial charge >= 0.3 is 0 Å². The zero-order valence-electron chi connectivity index (χ0n) is 16.3. The third kappa shape index (κ3) is 5.82. The summed E-state index contributed by atoms with van der Waals surface area (Å²) >= 11 is 0. The van der Waals surface area contributed by atoms with Crippen LogP contribution in [0.4, 0.5) is 0 Å². The SMILES string of the molecule is CCc1ccc(C(C)NC(=O)C(C)N2CCC(CCNC)CC2)cc1. The van der Waals surface area contributed by atoms with Gasteiger partial charge in [-0.05, 0) is 83.3 Å². The maximum atomic E-state index is 12.6. The zero-order chi connectivity index (χ0) is 18.2. The highest BCUT2D eigenvalue weighted by Gasteiger charge is 2.27. The van der Waals surface area contributed by atoms with Crippen molar-refractivity contribution in [3.63, 3.8) is 0 Å². The molecule has 0 spiro atoms. The molecule has 1 aromatic rings. The van der Waals surface area contributed by atoms with Crippen LogP contribution >= 0.6 is 0 Å². The van der Waals surface area contributed by atoms with Crippen LogP contribution in [0.1, 0.15) is 57.2 Å². The van der Waals surface area contributed by atoms with Gasteiger partial charge in [0.25, 0.3) is 0 Å². The molecule has 0 aromatic heterocycles. The van der Waals surface area contributed by atoms with Crippen molar-refractivity contribution in [1.82, 2.24) is 15.5 Å². The smallest absolute Gasteiger partial charge is 0.237 e. The van der Waals surface area contributed by atoms with Crippen molar-refractivity contribution < 1.29 is 4.79 Å². The van der Waals surface area contributed by atoms with Crippen molar-refractivity contribution in [2.24, 2.45) is 5.92 Å². The molecule has 2 unspecified atom stereocenters. The van der Waals surface area contributed by atoms with Gasteiger partial charge in [0.05, 0.1) is 12.1 Å². The molecule has 1 saturated heterocycles. The van der Waals surface area contributed by atoms with E-state index in [0.717, 1.165) is 32.0 Å². The second-order valence-electron chi connectivity index (χ2n) is 7.37. The number of rotatable bonds is 8. The number of nitrogens with zero attached hydrogens (tertiary/aromatic N) is 1. The first-order valence-corrected chi connectivity index (χ1v) is 9.83. The Bertz CT molecular complexity index is 520. The van der Waals surface area contributed by atoms with Crippen LogP contribution in [0.2, 0.25) is 0 Å². The summed E-state index contributed by atoms with van der Waals surface area (Å²) in [6.45, 7) is 9.41. The van der Waals surface area contributed by atoms with Gasteiger partial charge in [-0.25, -0.2) is 0 Å². The van der Waals surface area contributed by atoms with Gasteiger partial charge in [-0.15, -0.1) is 0 Å². The first-order valence-electron chi connectivity index (χ1n) is 9.83. The van der Waals surface area contributed by atoms with Crippen molar-refractivity contribution in [2.45, 2.75) is 58.5 Å². The van der Waals surface area contributed by atoms with Crippen LogP contribution in [-0.2, 0) is 11.2 Å². The summed E-state index contributed by atoms with van der Waals surface area (Å²) in [5.74, 6) is 0.940. The lowest BCUT2D eigenvalue weighted by molar-refractivity contribution is -0.127. The van der Waals surface area contributed by atoms with Gasteiger partial charge in [0.1, 0.15) is 0 Å². The second-order valence-corrected chi connectivity index (χ2v) is 7.37. The third-order valence-electron chi connectivity index (χ3n) is 5.63. The minimum atomic E-state index is -0.0531. The Morgan fingerprint density at radius 2 is 1.84 bits per heavy atom. The first kappa shape index (κ1) is 19.9. The Morgan fingerprint density at radius 1 is 1.20 bits per heavy atom. The molecule has 0 bridgehead atoms. The number of carbonyl (C=O) groups excluding carboxylic acids is 1. The van der Waals surface area contributed by atoms with Crippen molar-refractivity contribution in [3.05, 3.63) is 35.4 Å². The van der Waals surface area contributed by atoms with E-state index in [1.165, 1.54) is 30.4 Å². The summed E-state index contributed by atoms with van der Waals surface area (Å²) in [6.07, 6.45) is 4.69. The predicted octanol–water partition coefficient (Wildman–Crippen LogP) is 3.14. The molecule has 140 valence electrons. The summed E-state index contributed by atoms with van der Waals surface area (Å²) in [6, 6.07) is 8.55. The van der Waals surface area contributed by atoms with E-state index >= 15 is 0 Å². The summed E-state index contributed by atoms with van der Waals surface area (Å²) in [4.78, 5) is 15.0. The molecular formula is C21H35N3O. The topological polar surface area (TPSA) is 44.4 Å². The van der Waals surface area contributed by atoms with Crippen molar-refractivity contribution in [2.75, 3.05) is 26.7 Å². The molecule has 1 fully saturated rings. The van der Waals surface area contributed by atoms with Crippen LogP contribution in [0.25, 0.3) is 0 Å². The molecule has 2 N–H and O–H groups in total. The molecule has 0 aliphatic carbocycles. The second kappa shape index (κ2) is 9.93. The standard InChI is InChI=1S/C21H35N3O/c1-5-18-6-8-20(9-7-18)16(2)23-21(25)17(3)24-14-11-19(12-15-24)10-13-22-4/h6-9,16-17,19,22H,5,10-15H2,1-4H3,(H,23,25). The van der Waals surface area contributed by atoms with E-state index in [0.29, 0.717) is 0 Å². The average molecular weight is 346 g/mol. The lowest BCUT2D eigenvalue weighted by Crippen LogP contribution is -2.48. The van der Waals surface area contributed by atoms with Gasteiger partial charge in [-0.3, -0.25) is 9.69 Å². The molecule has 1 aliphatic heterocycles. The fraction of sp³-hybridized carbons (Fsp3) is 0.667. The largest absolute Gasteiger partial charge is 0.348 e. The molecule has 0 radical (unpaired) electrons. The van der Waals surface area contributed by atoms with Gasteiger partial charge in [0.15, 0.2) is 0 Å². The van der Waals surface area contributed by atoms with Crippen molar-refractivity contribution in [3.8, 4) is 0 Å². The quantitative estimate of drug-likeness (QED) is 0.761. The van der Waals surface area contributed by atoms with E-state index in [1.54, 1.807) is 0 Å².